The number of nitrogens with zero attached hydrogens (tertiary/aromatic N) is 3. The van der Waals surface area contributed by atoms with Gasteiger partial charge in [0, 0.05) is 19.0 Å². The van der Waals surface area contributed by atoms with Crippen molar-refractivity contribution in [3.63, 3.8) is 0 Å². The number of nitrogens with one attached hydrogen (secondary N) is 4. The number of aromatic nitrogens is 4. The number of hydrogen-bond donors (Lipinski definition) is 4. The van der Waals surface area contributed by atoms with Crippen LogP contribution in [0.1, 0.15) is 73.6 Å². The van der Waals surface area contributed by atoms with Crippen LogP contribution in [0.3, 0.4) is 0 Å². The maximum Gasteiger partial charge on any atom is 0.407 e. The van der Waals surface area contributed by atoms with Gasteiger partial charge in [-0.25, -0.2) is 14.8 Å². The Labute approximate surface area is 341 Å². The quantitative estimate of drug-likeness (QED) is 0.0926. The highest BCUT2D eigenvalue weighted by Gasteiger charge is 2.48. The highest BCUT2D eigenvalue weighted by atomic mass is 16.5. The SMILES string of the molecule is COC(=O)N[C@@H](C(=O)[C@@]1(c2ncc(-c3ccc(-c4ccc(-c5cnc([C@@H]6CCCN6C(=O)[C@H](OC(C)=O)c6ccccc6)[nH]5)cc4)cc3)[nH]2)CCCN1)c1ccccc1. The summed E-state index contributed by atoms with van der Waals surface area (Å²) < 4.78 is 10.4. The fourth-order valence-corrected chi connectivity index (χ4v) is 8.18. The minimum atomic E-state index is -1.12. The Morgan fingerprint density at radius 1 is 0.763 bits per heavy atom. The largest absolute Gasteiger partial charge is 0.453 e. The number of carbonyl (C=O) groups excluding carboxylic acids is 4. The maximum absolute atomic E-state index is 14.4. The molecule has 4 heterocycles. The first-order valence-electron chi connectivity index (χ1n) is 19.8. The first kappa shape index (κ1) is 39.0. The summed E-state index contributed by atoms with van der Waals surface area (Å²) in [7, 11) is 1.27. The third kappa shape index (κ3) is 8.01. The number of esters is 1. The second-order valence-electron chi connectivity index (χ2n) is 14.9. The van der Waals surface area contributed by atoms with Crippen LogP contribution in [0, 0.1) is 0 Å². The molecule has 13 heteroatoms. The van der Waals surface area contributed by atoms with E-state index in [0.717, 1.165) is 52.9 Å². The number of amides is 2. The van der Waals surface area contributed by atoms with Crippen molar-refractivity contribution >= 4 is 23.8 Å². The molecule has 0 radical (unpaired) electrons. The van der Waals surface area contributed by atoms with E-state index in [0.29, 0.717) is 42.3 Å². The standard InChI is InChI=1S/C46H45N7O6/c1-29(54)59-40(35-13-7-4-8-14-35)43(56)53-26-9-15-38(53)42-47-27-36(50-42)32-20-16-30(17-21-32)31-18-22-33(23-19-31)37-28-48-44(51-37)46(24-10-25-49-46)41(55)39(52-45(57)58-2)34-11-5-3-6-12-34/h3-8,11-14,16-23,27-28,38-40,49H,9-10,15,24-26H2,1-2H3,(H,47,50)(H,48,51)(H,52,57)/t38-,39+,40+,46+/m0/s1. The lowest BCUT2D eigenvalue weighted by atomic mass is 9.84. The number of H-pyrrole nitrogens is 2. The molecular formula is C46H45N7O6. The van der Waals surface area contributed by atoms with Gasteiger partial charge in [0.1, 0.15) is 23.2 Å². The Balaban J connectivity index is 0.961. The van der Waals surface area contributed by atoms with E-state index in [1.807, 2.05) is 84.9 Å². The van der Waals surface area contributed by atoms with Gasteiger partial charge in [0.05, 0.1) is 36.9 Å². The van der Waals surface area contributed by atoms with Crippen LogP contribution in [-0.4, -0.2) is 68.8 Å². The van der Waals surface area contributed by atoms with Crippen LogP contribution < -0.4 is 10.6 Å². The summed E-state index contributed by atoms with van der Waals surface area (Å²) in [5.74, 6) is 0.188. The number of carbonyl (C=O) groups is 4. The van der Waals surface area contributed by atoms with Crippen molar-refractivity contribution in [2.24, 2.45) is 0 Å². The molecule has 4 aromatic carbocycles. The van der Waals surface area contributed by atoms with Crippen LogP contribution in [0.2, 0.25) is 0 Å². The van der Waals surface area contributed by atoms with Gasteiger partial charge in [-0.2, -0.15) is 0 Å². The summed E-state index contributed by atoms with van der Waals surface area (Å²) in [6, 6.07) is 33.3. The monoisotopic (exact) mass is 791 g/mol. The number of imidazole rings is 2. The molecule has 2 aromatic heterocycles. The average Bonchev–Trinajstić information content (AvgIpc) is 4.13. The summed E-state index contributed by atoms with van der Waals surface area (Å²) in [6.45, 7) is 2.49. The Morgan fingerprint density at radius 2 is 1.36 bits per heavy atom. The van der Waals surface area contributed by atoms with Gasteiger partial charge in [0.25, 0.3) is 5.91 Å². The van der Waals surface area contributed by atoms with Crippen molar-refractivity contribution in [3.05, 3.63) is 144 Å². The van der Waals surface area contributed by atoms with Crippen LogP contribution in [0.15, 0.2) is 122 Å². The van der Waals surface area contributed by atoms with Gasteiger partial charge in [0.2, 0.25) is 6.10 Å². The average molecular weight is 792 g/mol. The number of hydrogen-bond acceptors (Lipinski definition) is 9. The van der Waals surface area contributed by atoms with Crippen LogP contribution in [0.5, 0.6) is 0 Å². The van der Waals surface area contributed by atoms with Gasteiger partial charge in [0.15, 0.2) is 5.78 Å². The van der Waals surface area contributed by atoms with E-state index in [2.05, 4.69) is 37.7 Å². The van der Waals surface area contributed by atoms with Crippen molar-refractivity contribution in [2.45, 2.75) is 56.3 Å². The predicted molar refractivity (Wildman–Crippen MR) is 220 cm³/mol. The van der Waals surface area contributed by atoms with Crippen molar-refractivity contribution in [1.82, 2.24) is 35.5 Å². The highest BCUT2D eigenvalue weighted by molar-refractivity contribution is 5.96. The number of ketones is 1. The molecule has 0 spiro atoms. The number of aromatic amines is 2. The molecule has 8 rings (SSSR count). The van der Waals surface area contributed by atoms with E-state index >= 15 is 0 Å². The van der Waals surface area contributed by atoms with Crippen LogP contribution in [0.25, 0.3) is 33.6 Å². The number of alkyl carbamates (subject to hydrolysis) is 1. The first-order chi connectivity index (χ1) is 28.7. The smallest absolute Gasteiger partial charge is 0.407 e. The third-order valence-electron chi connectivity index (χ3n) is 11.2. The number of methoxy groups -OCH3 is 1. The zero-order chi connectivity index (χ0) is 40.9. The van der Waals surface area contributed by atoms with E-state index in [9.17, 15) is 19.2 Å². The van der Waals surface area contributed by atoms with Gasteiger partial charge in [-0.3, -0.25) is 19.7 Å². The Morgan fingerprint density at radius 3 is 1.95 bits per heavy atom. The normalized spacial score (nSPS) is 18.5. The van der Waals surface area contributed by atoms with E-state index in [4.69, 9.17) is 14.5 Å². The lowest BCUT2D eigenvalue weighted by Gasteiger charge is -2.30. The van der Waals surface area contributed by atoms with Crippen molar-refractivity contribution in [3.8, 4) is 33.6 Å². The number of rotatable bonds is 12. The molecular weight excluding hydrogens is 747 g/mol. The summed E-state index contributed by atoms with van der Waals surface area (Å²) in [5.41, 5.74) is 5.67. The highest BCUT2D eigenvalue weighted by Crippen LogP contribution is 2.38. The lowest BCUT2D eigenvalue weighted by molar-refractivity contribution is -0.159. The van der Waals surface area contributed by atoms with Crippen LogP contribution in [0.4, 0.5) is 4.79 Å². The van der Waals surface area contributed by atoms with E-state index < -0.39 is 29.7 Å². The third-order valence-corrected chi connectivity index (χ3v) is 11.2. The molecule has 0 saturated carbocycles. The van der Waals surface area contributed by atoms with Gasteiger partial charge < -0.3 is 29.7 Å². The number of Topliss-reactive ketones (excluding diaryl/α,β-unsaturated/α-hetero) is 1. The van der Waals surface area contributed by atoms with E-state index in [1.165, 1.54) is 14.0 Å². The van der Waals surface area contributed by atoms with E-state index in [1.54, 1.807) is 29.4 Å². The fourth-order valence-electron chi connectivity index (χ4n) is 8.18. The topological polar surface area (TPSA) is 171 Å². The molecule has 13 nitrogen and oxygen atoms in total. The van der Waals surface area contributed by atoms with Crippen molar-refractivity contribution in [2.75, 3.05) is 20.2 Å². The molecule has 2 saturated heterocycles. The van der Waals surface area contributed by atoms with Crippen LogP contribution in [-0.2, 0) is 29.4 Å². The Kier molecular flexibility index (Phi) is 11.2. The lowest BCUT2D eigenvalue weighted by Crippen LogP contribution is -2.51. The predicted octanol–water partition coefficient (Wildman–Crippen LogP) is 7.35. The van der Waals surface area contributed by atoms with Crippen LogP contribution >= 0.6 is 0 Å². The Bertz CT molecular complexity index is 2420. The molecule has 2 fully saturated rings. The Hall–Kier alpha value is -6.86. The van der Waals surface area contributed by atoms with Gasteiger partial charge in [-0.05, 0) is 60.0 Å². The summed E-state index contributed by atoms with van der Waals surface area (Å²) >= 11 is 0. The van der Waals surface area contributed by atoms with Gasteiger partial charge >= 0.3 is 12.1 Å². The summed E-state index contributed by atoms with van der Waals surface area (Å²) in [6.07, 6.45) is 4.66. The summed E-state index contributed by atoms with van der Waals surface area (Å²) in [5, 5.41) is 6.14. The molecule has 0 unspecified atom stereocenters. The summed E-state index contributed by atoms with van der Waals surface area (Å²) in [4.78, 5) is 70.5. The second kappa shape index (κ2) is 16.9. The molecule has 4 atom stereocenters. The minimum absolute atomic E-state index is 0.221. The number of ether oxygens (including phenoxy) is 2. The number of benzene rings is 4. The first-order valence-corrected chi connectivity index (χ1v) is 19.8. The van der Waals surface area contributed by atoms with Crippen molar-refractivity contribution < 1.29 is 28.7 Å². The molecule has 4 N–H and O–H groups in total. The molecule has 300 valence electrons. The molecule has 0 bridgehead atoms. The van der Waals surface area contributed by atoms with Gasteiger partial charge in [-0.15, -0.1) is 0 Å². The molecule has 2 aliphatic rings. The molecule has 0 aliphatic carbocycles. The maximum atomic E-state index is 14.4. The molecule has 6 aromatic rings. The number of likely N-dealkylation sites (tertiary alicyclic amines) is 1. The fraction of sp³-hybridized carbons (Fsp3) is 0.261. The minimum Gasteiger partial charge on any atom is -0.453 e. The second-order valence-corrected chi connectivity index (χ2v) is 14.9. The van der Waals surface area contributed by atoms with Gasteiger partial charge in [-0.1, -0.05) is 109 Å². The van der Waals surface area contributed by atoms with E-state index in [-0.39, 0.29) is 17.7 Å². The molecule has 2 amide bonds. The molecule has 59 heavy (non-hydrogen) atoms. The van der Waals surface area contributed by atoms with Crippen molar-refractivity contribution in [1.29, 1.82) is 0 Å². The zero-order valence-corrected chi connectivity index (χ0v) is 32.8. The molecule has 2 aliphatic heterocycles. The zero-order valence-electron chi connectivity index (χ0n) is 32.8.